The fraction of sp³-hybridized carbons (Fsp3) is 0.614. The predicted molar refractivity (Wildman–Crippen MR) is 216 cm³/mol. The van der Waals surface area contributed by atoms with E-state index in [1.165, 1.54) is 82.5 Å². The summed E-state index contributed by atoms with van der Waals surface area (Å²) < 4.78 is 0. The van der Waals surface area contributed by atoms with Gasteiger partial charge in [0.1, 0.15) is 0 Å². The standard InChI is InChI=1S/C14H21N.C12H18.C9H13N3O.C7H16.C2H6/c1-2-8-14(9-11-15-12-10-14)13-6-4-3-5-7-13;1-4-10(3)12-8-6-7-11(5-2)9-12;1-4-10-9-11-5-8(7(3)13)6(2)12-9;1-4-6-7(3)5-2;1-2/h3-7,15H,2,8-12H2,1H3;6-10H,4-5H2,1-3H3;5H,4H2,1-3H3,(H,10,11,12);7H,4-6H2,1-3H3;1-2H3. The maximum Gasteiger partial charge on any atom is 0.222 e. The molecule has 1 aromatic heterocycles. The zero-order chi connectivity index (χ0) is 37.1. The van der Waals surface area contributed by atoms with Gasteiger partial charge < -0.3 is 10.6 Å². The first-order chi connectivity index (χ1) is 23.6. The molecule has 2 heterocycles. The highest BCUT2D eigenvalue weighted by Crippen LogP contribution is 2.37. The minimum atomic E-state index is 0.000508. The smallest absolute Gasteiger partial charge is 0.222 e. The molecule has 5 heteroatoms. The van der Waals surface area contributed by atoms with Crippen LogP contribution >= 0.6 is 0 Å². The van der Waals surface area contributed by atoms with Crippen molar-refractivity contribution >= 4 is 11.7 Å². The number of carbonyl (C=O) groups excluding carboxylic acids is 1. The number of aryl methyl sites for hydroxylation is 2. The number of benzene rings is 2. The molecule has 0 spiro atoms. The Bertz CT molecular complexity index is 1230. The average Bonchev–Trinajstić information content (AvgIpc) is 3.14. The largest absolute Gasteiger partial charge is 0.354 e. The number of piperidine rings is 1. The van der Waals surface area contributed by atoms with Crippen LogP contribution in [0.15, 0.2) is 60.8 Å². The Morgan fingerprint density at radius 3 is 2.02 bits per heavy atom. The van der Waals surface area contributed by atoms with Gasteiger partial charge in [-0.2, -0.15) is 0 Å². The molecule has 4 rings (SSSR count). The molecule has 276 valence electrons. The van der Waals surface area contributed by atoms with Crippen LogP contribution in [0.1, 0.15) is 166 Å². The molecule has 2 aromatic carbocycles. The van der Waals surface area contributed by atoms with E-state index in [0.717, 1.165) is 24.6 Å². The van der Waals surface area contributed by atoms with Crippen LogP contribution in [-0.4, -0.2) is 35.4 Å². The molecule has 1 aliphatic heterocycles. The molecule has 3 aromatic rings. The minimum Gasteiger partial charge on any atom is -0.354 e. The lowest BCUT2D eigenvalue weighted by molar-refractivity contribution is 0.101. The van der Waals surface area contributed by atoms with Gasteiger partial charge in [0.2, 0.25) is 5.95 Å². The van der Waals surface area contributed by atoms with E-state index in [1.54, 1.807) is 18.7 Å². The number of aromatic nitrogens is 2. The van der Waals surface area contributed by atoms with Gasteiger partial charge in [-0.3, -0.25) is 4.79 Å². The Labute approximate surface area is 302 Å². The van der Waals surface area contributed by atoms with Crippen LogP contribution in [0.25, 0.3) is 0 Å². The molecule has 0 saturated carbocycles. The quantitative estimate of drug-likeness (QED) is 0.187. The second kappa shape index (κ2) is 27.7. The number of anilines is 1. The van der Waals surface area contributed by atoms with E-state index in [-0.39, 0.29) is 5.78 Å². The fourth-order valence-corrected chi connectivity index (χ4v) is 5.97. The number of Topliss-reactive ketones (excluding diaryl/α,β-unsaturated/α-hetero) is 1. The van der Waals surface area contributed by atoms with Crippen molar-refractivity contribution < 1.29 is 4.79 Å². The van der Waals surface area contributed by atoms with Crippen molar-refractivity contribution in [1.82, 2.24) is 15.3 Å². The van der Waals surface area contributed by atoms with Gasteiger partial charge >= 0.3 is 0 Å². The summed E-state index contributed by atoms with van der Waals surface area (Å²) >= 11 is 0. The Balaban J connectivity index is 0.000000634. The minimum absolute atomic E-state index is 0.000508. The Kier molecular flexibility index (Phi) is 26.0. The first-order valence-corrected chi connectivity index (χ1v) is 19.5. The zero-order valence-corrected chi connectivity index (χ0v) is 33.7. The molecule has 1 aliphatic rings. The topological polar surface area (TPSA) is 66.9 Å². The van der Waals surface area contributed by atoms with Gasteiger partial charge in [0.15, 0.2) is 5.78 Å². The maximum atomic E-state index is 11.0. The molecule has 0 aliphatic carbocycles. The van der Waals surface area contributed by atoms with Crippen LogP contribution in [0.4, 0.5) is 5.95 Å². The first-order valence-electron chi connectivity index (χ1n) is 19.5. The summed E-state index contributed by atoms with van der Waals surface area (Å²) in [6.07, 6.45) is 13.2. The second-order valence-corrected chi connectivity index (χ2v) is 13.1. The lowest BCUT2D eigenvalue weighted by Gasteiger charge is -2.38. The van der Waals surface area contributed by atoms with E-state index in [0.29, 0.717) is 22.8 Å². The van der Waals surface area contributed by atoms with Crippen molar-refractivity contribution in [2.75, 3.05) is 25.0 Å². The van der Waals surface area contributed by atoms with Crippen LogP contribution in [0, 0.1) is 12.8 Å². The molecule has 2 unspecified atom stereocenters. The summed E-state index contributed by atoms with van der Waals surface area (Å²) in [5.74, 6) is 2.23. The van der Waals surface area contributed by atoms with Crippen molar-refractivity contribution in [3.05, 3.63) is 88.7 Å². The predicted octanol–water partition coefficient (Wildman–Crippen LogP) is 12.1. The van der Waals surface area contributed by atoms with Gasteiger partial charge in [-0.05, 0) is 99.9 Å². The number of carbonyl (C=O) groups is 1. The highest BCUT2D eigenvalue weighted by Gasteiger charge is 2.32. The summed E-state index contributed by atoms with van der Waals surface area (Å²) in [6.45, 7) is 28.2. The summed E-state index contributed by atoms with van der Waals surface area (Å²) in [5, 5.41) is 6.45. The molecule has 0 amide bonds. The Hall–Kier alpha value is -3.05. The highest BCUT2D eigenvalue weighted by atomic mass is 16.1. The van der Waals surface area contributed by atoms with Crippen LogP contribution in [0.2, 0.25) is 0 Å². The van der Waals surface area contributed by atoms with E-state index in [2.05, 4.69) is 124 Å². The third kappa shape index (κ3) is 18.0. The van der Waals surface area contributed by atoms with E-state index in [9.17, 15) is 4.79 Å². The van der Waals surface area contributed by atoms with Crippen molar-refractivity contribution in [2.24, 2.45) is 5.92 Å². The molecule has 5 nitrogen and oxygen atoms in total. The van der Waals surface area contributed by atoms with Gasteiger partial charge in [0, 0.05) is 12.7 Å². The molecule has 0 bridgehead atoms. The monoisotopic (exact) mass is 675 g/mol. The van der Waals surface area contributed by atoms with Crippen molar-refractivity contribution in [3.63, 3.8) is 0 Å². The van der Waals surface area contributed by atoms with Crippen molar-refractivity contribution in [1.29, 1.82) is 0 Å². The molecule has 2 atom stereocenters. The number of ketones is 1. The highest BCUT2D eigenvalue weighted by molar-refractivity contribution is 5.94. The molecule has 0 radical (unpaired) electrons. The van der Waals surface area contributed by atoms with Gasteiger partial charge in [0.25, 0.3) is 0 Å². The van der Waals surface area contributed by atoms with Gasteiger partial charge in [-0.25, -0.2) is 9.97 Å². The van der Waals surface area contributed by atoms with Gasteiger partial charge in [0.05, 0.1) is 11.3 Å². The Morgan fingerprint density at radius 1 is 0.898 bits per heavy atom. The normalized spacial score (nSPS) is 14.0. The van der Waals surface area contributed by atoms with Crippen molar-refractivity contribution in [3.8, 4) is 0 Å². The molecule has 49 heavy (non-hydrogen) atoms. The lowest BCUT2D eigenvalue weighted by Crippen LogP contribution is -2.39. The van der Waals surface area contributed by atoms with Crippen LogP contribution in [0.5, 0.6) is 0 Å². The van der Waals surface area contributed by atoms with Crippen LogP contribution < -0.4 is 10.6 Å². The molecule has 1 saturated heterocycles. The average molecular weight is 675 g/mol. The third-order valence-electron chi connectivity index (χ3n) is 9.39. The van der Waals surface area contributed by atoms with E-state index in [4.69, 9.17) is 0 Å². The fourth-order valence-electron chi connectivity index (χ4n) is 5.97. The third-order valence-corrected chi connectivity index (χ3v) is 9.39. The van der Waals surface area contributed by atoms with Gasteiger partial charge in [-0.15, -0.1) is 0 Å². The van der Waals surface area contributed by atoms with E-state index < -0.39 is 0 Å². The summed E-state index contributed by atoms with van der Waals surface area (Å²) in [4.78, 5) is 19.2. The molecule has 1 fully saturated rings. The number of nitrogens with one attached hydrogen (secondary N) is 2. The molecular formula is C44H74N4O. The number of hydrogen-bond donors (Lipinski definition) is 2. The maximum absolute atomic E-state index is 11.0. The number of rotatable bonds is 12. The SMILES string of the molecule is CC.CCCC(C)CC.CCCC1(c2ccccc2)CCNCC1.CCNc1ncc(C(C)=O)c(C)n1.CCc1cccc(C(C)CC)c1. The lowest BCUT2D eigenvalue weighted by atomic mass is 9.70. The van der Waals surface area contributed by atoms with Crippen molar-refractivity contribution in [2.45, 2.75) is 152 Å². The number of nitrogens with zero attached hydrogens (tertiary/aromatic N) is 2. The second-order valence-electron chi connectivity index (χ2n) is 13.1. The Morgan fingerprint density at radius 2 is 1.55 bits per heavy atom. The van der Waals surface area contributed by atoms with Crippen LogP contribution in [0.3, 0.4) is 0 Å². The zero-order valence-electron chi connectivity index (χ0n) is 33.7. The van der Waals surface area contributed by atoms with Gasteiger partial charge in [-0.1, -0.05) is 143 Å². The van der Waals surface area contributed by atoms with E-state index in [1.807, 2.05) is 20.8 Å². The molecule has 2 N–H and O–H groups in total. The van der Waals surface area contributed by atoms with Crippen LogP contribution in [-0.2, 0) is 11.8 Å². The molecular weight excluding hydrogens is 601 g/mol. The summed E-state index contributed by atoms with van der Waals surface area (Å²) in [5.41, 5.74) is 6.25. The summed E-state index contributed by atoms with van der Waals surface area (Å²) in [7, 11) is 0. The van der Waals surface area contributed by atoms with E-state index >= 15 is 0 Å². The number of hydrogen-bond acceptors (Lipinski definition) is 5. The first kappa shape index (κ1) is 46.0. The summed E-state index contributed by atoms with van der Waals surface area (Å²) in [6, 6.07) is 20.0.